The molecular weight excluding hydrogens is 378 g/mol. The average molecular weight is 412 g/mol. The summed E-state index contributed by atoms with van der Waals surface area (Å²) in [5.41, 5.74) is 1.93. The average Bonchev–Trinajstić information content (AvgIpc) is 3.16. The van der Waals surface area contributed by atoms with Crippen LogP contribution in [0.25, 0.3) is 11.1 Å². The highest BCUT2D eigenvalue weighted by Gasteiger charge is 2.24. The Morgan fingerprint density at radius 1 is 0.900 bits per heavy atom. The predicted molar refractivity (Wildman–Crippen MR) is 118 cm³/mol. The number of nitrogens with zero attached hydrogens (tertiary/aromatic N) is 1. The van der Waals surface area contributed by atoms with Crippen LogP contribution in [0.5, 0.6) is 17.4 Å². The largest absolute Gasteiger partial charge is 0.451 e. The van der Waals surface area contributed by atoms with Crippen LogP contribution < -0.4 is 14.2 Å². The van der Waals surface area contributed by atoms with Crippen molar-refractivity contribution in [3.8, 4) is 28.5 Å². The maximum Gasteiger partial charge on any atom is 0.312 e. The molecule has 0 N–H and O–H groups in total. The number of hydrogen-bond donors (Lipinski definition) is 0. The Morgan fingerprint density at radius 2 is 1.63 bits per heavy atom. The summed E-state index contributed by atoms with van der Waals surface area (Å²) in [5.74, 6) is 1.68. The van der Waals surface area contributed by atoms with E-state index in [-0.39, 0.29) is 12.3 Å². The Balaban J connectivity index is 1.52. The van der Waals surface area contributed by atoms with Gasteiger partial charge in [-0.15, -0.1) is 0 Å². The molecule has 5 heteroatoms. The summed E-state index contributed by atoms with van der Waals surface area (Å²) in [5, 5.41) is 0. The Labute approximate surface area is 179 Å². The first-order valence-electron chi connectivity index (χ1n) is 11.3. The lowest BCUT2D eigenvalue weighted by Crippen LogP contribution is -2.17. The lowest BCUT2D eigenvalue weighted by molar-refractivity contribution is -0.134. The maximum absolute atomic E-state index is 11.8. The summed E-state index contributed by atoms with van der Waals surface area (Å²) in [6.45, 7) is 4.33. The van der Waals surface area contributed by atoms with Gasteiger partial charge in [0.2, 0.25) is 12.2 Å². The fraction of sp³-hybridized carbons (Fsp3) is 0.520. The van der Waals surface area contributed by atoms with Crippen LogP contribution in [0.2, 0.25) is 0 Å². The van der Waals surface area contributed by atoms with Gasteiger partial charge >= 0.3 is 5.97 Å². The van der Waals surface area contributed by atoms with Crippen LogP contribution in [0.3, 0.4) is 0 Å². The van der Waals surface area contributed by atoms with Crippen molar-refractivity contribution in [2.24, 2.45) is 0 Å². The van der Waals surface area contributed by atoms with Gasteiger partial charge in [-0.1, -0.05) is 58.4 Å². The number of rotatable bonds is 12. The second-order valence-electron chi connectivity index (χ2n) is 7.85. The lowest BCUT2D eigenvalue weighted by Gasteiger charge is -2.09. The van der Waals surface area contributed by atoms with E-state index in [1.165, 1.54) is 25.7 Å². The molecule has 1 atom stereocenters. The van der Waals surface area contributed by atoms with Crippen molar-refractivity contribution in [3.05, 3.63) is 36.5 Å². The van der Waals surface area contributed by atoms with Crippen molar-refractivity contribution in [2.45, 2.75) is 84.3 Å². The number of fused-ring (bicyclic) bond motifs is 1. The third-order valence-electron chi connectivity index (χ3n) is 5.28. The molecule has 1 aromatic carbocycles. The van der Waals surface area contributed by atoms with E-state index < -0.39 is 0 Å². The van der Waals surface area contributed by atoms with Crippen LogP contribution in [0.4, 0.5) is 0 Å². The molecule has 1 unspecified atom stereocenters. The predicted octanol–water partition coefficient (Wildman–Crippen LogP) is 6.69. The van der Waals surface area contributed by atoms with E-state index in [0.717, 1.165) is 54.7 Å². The normalized spacial score (nSPS) is 14.7. The number of carbonyl (C=O) groups excluding carboxylic acids is 1. The minimum Gasteiger partial charge on any atom is -0.451 e. The van der Waals surface area contributed by atoms with Gasteiger partial charge in [0, 0.05) is 30.7 Å². The van der Waals surface area contributed by atoms with Gasteiger partial charge in [0.05, 0.1) is 0 Å². The number of ether oxygens (including phenoxy) is 3. The topological polar surface area (TPSA) is 57.7 Å². The first-order valence-corrected chi connectivity index (χ1v) is 11.3. The number of unbranched alkanes of at least 4 members (excludes halogenated alkanes) is 6. The molecule has 0 fully saturated rings. The molecule has 0 radical (unpaired) electrons. The summed E-state index contributed by atoms with van der Waals surface area (Å²) in [6.07, 6.45) is 12.0. The van der Waals surface area contributed by atoms with Gasteiger partial charge in [0.1, 0.15) is 0 Å². The van der Waals surface area contributed by atoms with E-state index in [4.69, 9.17) is 14.2 Å². The molecule has 2 aromatic rings. The van der Waals surface area contributed by atoms with Crippen molar-refractivity contribution in [1.82, 2.24) is 4.98 Å². The monoisotopic (exact) mass is 411 g/mol. The van der Waals surface area contributed by atoms with Crippen molar-refractivity contribution in [1.29, 1.82) is 0 Å². The van der Waals surface area contributed by atoms with Crippen LogP contribution in [0, 0.1) is 0 Å². The van der Waals surface area contributed by atoms with Crippen molar-refractivity contribution in [3.63, 3.8) is 0 Å². The summed E-state index contributed by atoms with van der Waals surface area (Å²) < 4.78 is 17.2. The first kappa shape index (κ1) is 22.1. The standard InChI is InChI=1S/C25H33NO4/c1-3-5-7-8-10-12-25-28-21-15-13-19(17-22(21)29-25)20-14-16-23(26-18-20)30-24(27)11-9-6-4-2/h13-18,25H,3-12H2,1-2H3. The second kappa shape index (κ2) is 11.6. The van der Waals surface area contributed by atoms with Crippen LogP contribution in [-0.2, 0) is 4.79 Å². The number of esters is 1. The molecule has 1 aliphatic rings. The Kier molecular flexibility index (Phi) is 8.54. The van der Waals surface area contributed by atoms with Crippen molar-refractivity contribution >= 4 is 5.97 Å². The maximum atomic E-state index is 11.8. The fourth-order valence-electron chi connectivity index (χ4n) is 3.52. The molecule has 0 saturated heterocycles. The smallest absolute Gasteiger partial charge is 0.312 e. The van der Waals surface area contributed by atoms with E-state index in [2.05, 4.69) is 18.8 Å². The zero-order valence-electron chi connectivity index (χ0n) is 18.2. The molecule has 0 saturated carbocycles. The van der Waals surface area contributed by atoms with Gasteiger partial charge in [-0.05, 0) is 36.6 Å². The molecule has 162 valence electrons. The zero-order chi connectivity index (χ0) is 21.2. The molecule has 0 aliphatic carbocycles. The molecule has 3 rings (SSSR count). The summed E-state index contributed by atoms with van der Waals surface area (Å²) in [4.78, 5) is 16.1. The molecule has 5 nitrogen and oxygen atoms in total. The van der Waals surface area contributed by atoms with Gasteiger partial charge in [-0.3, -0.25) is 4.79 Å². The zero-order valence-corrected chi connectivity index (χ0v) is 18.2. The van der Waals surface area contributed by atoms with Crippen LogP contribution in [0.1, 0.15) is 78.1 Å². The molecule has 2 heterocycles. The van der Waals surface area contributed by atoms with Crippen LogP contribution in [0.15, 0.2) is 36.5 Å². The van der Waals surface area contributed by atoms with E-state index in [1.807, 2.05) is 24.3 Å². The van der Waals surface area contributed by atoms with E-state index >= 15 is 0 Å². The summed E-state index contributed by atoms with van der Waals surface area (Å²) in [7, 11) is 0. The van der Waals surface area contributed by atoms with Gasteiger partial charge in [-0.25, -0.2) is 4.98 Å². The number of aromatic nitrogens is 1. The number of hydrogen-bond acceptors (Lipinski definition) is 5. The SMILES string of the molecule is CCCCCCCC1Oc2ccc(-c3ccc(OC(=O)CCCCC)nc3)cc2O1. The van der Waals surface area contributed by atoms with Gasteiger partial charge < -0.3 is 14.2 Å². The molecule has 0 amide bonds. The molecule has 1 aliphatic heterocycles. The molecule has 1 aromatic heterocycles. The Hall–Kier alpha value is -2.56. The third-order valence-corrected chi connectivity index (χ3v) is 5.28. The van der Waals surface area contributed by atoms with Crippen molar-refractivity contribution in [2.75, 3.05) is 0 Å². The highest BCUT2D eigenvalue weighted by atomic mass is 16.7. The van der Waals surface area contributed by atoms with E-state index in [1.54, 1.807) is 12.3 Å². The lowest BCUT2D eigenvalue weighted by atomic mass is 10.1. The molecule has 0 bridgehead atoms. The summed E-state index contributed by atoms with van der Waals surface area (Å²) >= 11 is 0. The van der Waals surface area contributed by atoms with E-state index in [9.17, 15) is 4.79 Å². The third kappa shape index (κ3) is 6.48. The van der Waals surface area contributed by atoms with E-state index in [0.29, 0.717) is 12.3 Å². The van der Waals surface area contributed by atoms with Gasteiger partial charge in [-0.2, -0.15) is 0 Å². The molecule has 0 spiro atoms. The van der Waals surface area contributed by atoms with Gasteiger partial charge in [0.25, 0.3) is 0 Å². The highest BCUT2D eigenvalue weighted by Crippen LogP contribution is 2.39. The minimum absolute atomic E-state index is 0.190. The fourth-order valence-corrected chi connectivity index (χ4v) is 3.52. The summed E-state index contributed by atoms with van der Waals surface area (Å²) in [6, 6.07) is 9.57. The first-order chi connectivity index (χ1) is 14.7. The number of benzene rings is 1. The Bertz CT molecular complexity index is 803. The number of carbonyl (C=O) groups is 1. The minimum atomic E-state index is -0.229. The van der Waals surface area contributed by atoms with Crippen molar-refractivity contribution < 1.29 is 19.0 Å². The van der Waals surface area contributed by atoms with Gasteiger partial charge in [0.15, 0.2) is 11.5 Å². The van der Waals surface area contributed by atoms with Crippen LogP contribution >= 0.6 is 0 Å². The van der Waals surface area contributed by atoms with Crippen LogP contribution in [-0.4, -0.2) is 17.2 Å². The number of pyridine rings is 1. The second-order valence-corrected chi connectivity index (χ2v) is 7.85. The quantitative estimate of drug-likeness (QED) is 0.287. The highest BCUT2D eigenvalue weighted by molar-refractivity contribution is 5.72. The molecular formula is C25H33NO4. The molecule has 30 heavy (non-hydrogen) atoms. The Morgan fingerprint density at radius 3 is 2.40 bits per heavy atom.